The molecule has 3 rings (SSSR count). The summed E-state index contributed by atoms with van der Waals surface area (Å²) in [6.45, 7) is 2.06. The fraction of sp³-hybridized carbons (Fsp3) is 0.0588. The van der Waals surface area contributed by atoms with Crippen LogP contribution in [0.25, 0.3) is 21.9 Å². The third-order valence-electron chi connectivity index (χ3n) is 3.37. The lowest BCUT2D eigenvalue weighted by Gasteiger charge is -2.11. The van der Waals surface area contributed by atoms with Crippen LogP contribution in [-0.4, -0.2) is 10.2 Å². The molecule has 0 heterocycles. The monoisotopic (exact) mass is 250 g/mol. The smallest absolute Gasteiger partial charge is 0.116 e. The van der Waals surface area contributed by atoms with E-state index >= 15 is 0 Å². The molecular formula is C17H14O2. The lowest BCUT2D eigenvalue weighted by atomic mass is 9.94. The van der Waals surface area contributed by atoms with E-state index in [1.54, 1.807) is 24.3 Å². The summed E-state index contributed by atoms with van der Waals surface area (Å²) in [6, 6.07) is 16.6. The van der Waals surface area contributed by atoms with Gasteiger partial charge in [0.05, 0.1) is 0 Å². The molecule has 0 fully saturated rings. The molecule has 0 radical (unpaired) electrons. The van der Waals surface area contributed by atoms with E-state index in [-0.39, 0.29) is 11.5 Å². The van der Waals surface area contributed by atoms with Crippen LogP contribution in [0.5, 0.6) is 11.5 Å². The number of phenolic OH excluding ortho intramolecular Hbond substituents is 2. The van der Waals surface area contributed by atoms with Crippen LogP contribution in [0.4, 0.5) is 0 Å². The number of aryl methyl sites for hydroxylation is 1. The normalized spacial score (nSPS) is 10.8. The maximum atomic E-state index is 9.56. The van der Waals surface area contributed by atoms with Gasteiger partial charge in [-0.2, -0.15) is 0 Å². The lowest BCUT2D eigenvalue weighted by molar-refractivity contribution is 0.475. The minimum atomic E-state index is 0.263. The van der Waals surface area contributed by atoms with Crippen molar-refractivity contribution in [1.82, 2.24) is 0 Å². The molecule has 3 aromatic carbocycles. The number of hydrogen-bond acceptors (Lipinski definition) is 2. The summed E-state index contributed by atoms with van der Waals surface area (Å²) in [5.41, 5.74) is 3.37. The number of hydrogen-bond donors (Lipinski definition) is 2. The average molecular weight is 250 g/mol. The van der Waals surface area contributed by atoms with Gasteiger partial charge in [-0.05, 0) is 58.7 Å². The van der Waals surface area contributed by atoms with Gasteiger partial charge in [-0.1, -0.05) is 30.3 Å². The topological polar surface area (TPSA) is 40.5 Å². The second kappa shape index (κ2) is 4.32. The van der Waals surface area contributed by atoms with Crippen LogP contribution in [0.15, 0.2) is 54.6 Å². The summed E-state index contributed by atoms with van der Waals surface area (Å²) >= 11 is 0. The molecule has 94 valence electrons. The highest BCUT2D eigenvalue weighted by Crippen LogP contribution is 2.34. The van der Waals surface area contributed by atoms with Crippen LogP contribution in [-0.2, 0) is 0 Å². The first kappa shape index (κ1) is 11.6. The Balaban J connectivity index is 2.32. The summed E-state index contributed by atoms with van der Waals surface area (Å²) in [6.07, 6.45) is 0. The van der Waals surface area contributed by atoms with Gasteiger partial charge in [0.15, 0.2) is 0 Å². The summed E-state index contributed by atoms with van der Waals surface area (Å²) < 4.78 is 0. The summed E-state index contributed by atoms with van der Waals surface area (Å²) in [5, 5.41) is 21.1. The van der Waals surface area contributed by atoms with E-state index in [1.165, 1.54) is 5.56 Å². The Kier molecular flexibility index (Phi) is 2.64. The third-order valence-corrected chi connectivity index (χ3v) is 3.37. The Hall–Kier alpha value is -2.48. The molecule has 0 aliphatic heterocycles. The Morgan fingerprint density at radius 1 is 0.737 bits per heavy atom. The van der Waals surface area contributed by atoms with Gasteiger partial charge in [-0.25, -0.2) is 0 Å². The van der Waals surface area contributed by atoms with E-state index in [0.29, 0.717) is 0 Å². The molecule has 0 bridgehead atoms. The van der Waals surface area contributed by atoms with E-state index in [4.69, 9.17) is 0 Å². The summed E-state index contributed by atoms with van der Waals surface area (Å²) in [4.78, 5) is 0. The van der Waals surface area contributed by atoms with Crippen molar-refractivity contribution in [2.24, 2.45) is 0 Å². The molecule has 0 atom stereocenters. The summed E-state index contributed by atoms with van der Waals surface area (Å²) in [7, 11) is 0. The minimum absolute atomic E-state index is 0.263. The molecule has 0 aliphatic rings. The van der Waals surface area contributed by atoms with Crippen molar-refractivity contribution in [2.75, 3.05) is 0 Å². The van der Waals surface area contributed by atoms with Crippen LogP contribution in [0, 0.1) is 6.92 Å². The second-order valence-corrected chi connectivity index (χ2v) is 4.71. The zero-order valence-electron chi connectivity index (χ0n) is 10.6. The van der Waals surface area contributed by atoms with Gasteiger partial charge in [0.1, 0.15) is 11.5 Å². The molecule has 0 unspecified atom stereocenters. The Labute approximate surface area is 111 Å². The number of fused-ring (bicyclic) bond motifs is 1. The molecule has 2 heteroatoms. The highest BCUT2D eigenvalue weighted by molar-refractivity contribution is 5.98. The standard InChI is InChI=1S/C17H14O2/c1-11-2-3-13-10-15(19)8-9-16(13)17(11)12-4-6-14(18)7-5-12/h2-10,18-19H,1H3. The van der Waals surface area contributed by atoms with Crippen molar-refractivity contribution in [2.45, 2.75) is 6.92 Å². The lowest BCUT2D eigenvalue weighted by Crippen LogP contribution is -1.86. The maximum absolute atomic E-state index is 9.56. The van der Waals surface area contributed by atoms with Gasteiger partial charge in [0.2, 0.25) is 0 Å². The molecule has 0 spiro atoms. The zero-order chi connectivity index (χ0) is 13.4. The van der Waals surface area contributed by atoms with Crippen LogP contribution >= 0.6 is 0 Å². The summed E-state index contributed by atoms with van der Waals surface area (Å²) in [5.74, 6) is 0.535. The SMILES string of the molecule is Cc1ccc2cc(O)ccc2c1-c1ccc(O)cc1. The fourth-order valence-electron chi connectivity index (χ4n) is 2.44. The molecule has 2 N–H and O–H groups in total. The van der Waals surface area contributed by atoms with Crippen LogP contribution in [0.1, 0.15) is 5.56 Å². The third kappa shape index (κ3) is 2.02. The second-order valence-electron chi connectivity index (χ2n) is 4.71. The average Bonchev–Trinajstić information content (AvgIpc) is 2.40. The highest BCUT2D eigenvalue weighted by atomic mass is 16.3. The van der Waals surface area contributed by atoms with Crippen LogP contribution < -0.4 is 0 Å². The first-order chi connectivity index (χ1) is 9.15. The van der Waals surface area contributed by atoms with Crippen molar-refractivity contribution in [3.05, 3.63) is 60.2 Å². The zero-order valence-corrected chi connectivity index (χ0v) is 10.6. The minimum Gasteiger partial charge on any atom is -0.508 e. The maximum Gasteiger partial charge on any atom is 0.116 e. The predicted molar refractivity (Wildman–Crippen MR) is 77.5 cm³/mol. The molecule has 2 nitrogen and oxygen atoms in total. The first-order valence-electron chi connectivity index (χ1n) is 6.17. The van der Waals surface area contributed by atoms with Gasteiger partial charge < -0.3 is 10.2 Å². The van der Waals surface area contributed by atoms with E-state index in [2.05, 4.69) is 6.92 Å². The fourth-order valence-corrected chi connectivity index (χ4v) is 2.44. The van der Waals surface area contributed by atoms with Gasteiger partial charge in [0, 0.05) is 0 Å². The molecule has 19 heavy (non-hydrogen) atoms. The molecule has 3 aromatic rings. The van der Waals surface area contributed by atoms with Crippen LogP contribution in [0.2, 0.25) is 0 Å². The molecule has 0 saturated carbocycles. The molecular weight excluding hydrogens is 236 g/mol. The van der Waals surface area contributed by atoms with Gasteiger partial charge in [-0.3, -0.25) is 0 Å². The van der Waals surface area contributed by atoms with Crippen molar-refractivity contribution in [3.8, 4) is 22.6 Å². The van der Waals surface area contributed by atoms with Gasteiger partial charge >= 0.3 is 0 Å². The van der Waals surface area contributed by atoms with E-state index in [1.807, 2.05) is 30.3 Å². The number of rotatable bonds is 1. The van der Waals surface area contributed by atoms with Crippen LogP contribution in [0.3, 0.4) is 0 Å². The van der Waals surface area contributed by atoms with Gasteiger partial charge in [-0.15, -0.1) is 0 Å². The number of benzene rings is 3. The predicted octanol–water partition coefficient (Wildman–Crippen LogP) is 4.23. The first-order valence-corrected chi connectivity index (χ1v) is 6.17. The molecule has 0 aliphatic carbocycles. The van der Waals surface area contributed by atoms with Crippen molar-refractivity contribution < 1.29 is 10.2 Å². The highest BCUT2D eigenvalue weighted by Gasteiger charge is 2.08. The Morgan fingerprint density at radius 3 is 2.16 bits per heavy atom. The van der Waals surface area contributed by atoms with E-state index in [0.717, 1.165) is 21.9 Å². The van der Waals surface area contributed by atoms with Gasteiger partial charge in [0.25, 0.3) is 0 Å². The molecule has 0 aromatic heterocycles. The Bertz CT molecular complexity index is 743. The van der Waals surface area contributed by atoms with Crippen molar-refractivity contribution in [3.63, 3.8) is 0 Å². The molecule has 0 saturated heterocycles. The number of phenols is 2. The van der Waals surface area contributed by atoms with E-state index in [9.17, 15) is 10.2 Å². The largest absolute Gasteiger partial charge is 0.508 e. The quantitative estimate of drug-likeness (QED) is 0.678. The van der Waals surface area contributed by atoms with Crippen molar-refractivity contribution in [1.29, 1.82) is 0 Å². The number of aromatic hydroxyl groups is 2. The van der Waals surface area contributed by atoms with Crippen molar-refractivity contribution >= 4 is 10.8 Å². The Morgan fingerprint density at radius 2 is 1.42 bits per heavy atom. The molecule has 0 amide bonds. The van der Waals surface area contributed by atoms with E-state index < -0.39 is 0 Å².